The van der Waals surface area contributed by atoms with Gasteiger partial charge in [0.1, 0.15) is 18.2 Å². The van der Waals surface area contributed by atoms with E-state index in [1.165, 1.54) is 12.1 Å². The van der Waals surface area contributed by atoms with Crippen molar-refractivity contribution in [3.05, 3.63) is 71.7 Å². The molecule has 0 spiro atoms. The molecule has 132 valence electrons. The highest BCUT2D eigenvalue weighted by Crippen LogP contribution is 2.40. The molecule has 26 heavy (non-hydrogen) atoms. The maximum atomic E-state index is 12.9. The van der Waals surface area contributed by atoms with Crippen LogP contribution in [0.2, 0.25) is 0 Å². The molecule has 1 N–H and O–H groups in total. The molecule has 1 saturated carbocycles. The fourth-order valence-corrected chi connectivity index (χ4v) is 2.93. The number of benzene rings is 2. The molecular weight excluding hydrogens is 331 g/mol. The summed E-state index contributed by atoms with van der Waals surface area (Å²) in [6.45, 7) is 0.682. The van der Waals surface area contributed by atoms with Gasteiger partial charge in [0.2, 0.25) is 0 Å². The van der Waals surface area contributed by atoms with Gasteiger partial charge in [-0.25, -0.2) is 4.39 Å². The van der Waals surface area contributed by atoms with Crippen LogP contribution in [0.15, 0.2) is 54.6 Å². The monoisotopic (exact) mass is 350 g/mol. The number of carbonyl (C=O) groups is 1. The van der Waals surface area contributed by atoms with Crippen LogP contribution in [0.5, 0.6) is 5.75 Å². The van der Waals surface area contributed by atoms with Crippen molar-refractivity contribution >= 4 is 16.8 Å². The minimum absolute atomic E-state index is 0.131. The first-order valence-corrected chi connectivity index (χ1v) is 8.77. The zero-order chi connectivity index (χ0) is 17.9. The van der Waals surface area contributed by atoms with Crippen LogP contribution in [-0.2, 0) is 0 Å². The predicted molar refractivity (Wildman–Crippen MR) is 97.9 cm³/mol. The molecule has 0 bridgehead atoms. The molecule has 1 aliphatic carbocycles. The summed E-state index contributed by atoms with van der Waals surface area (Å²) in [7, 11) is 0. The minimum atomic E-state index is -0.304. The molecule has 1 fully saturated rings. The van der Waals surface area contributed by atoms with Crippen molar-refractivity contribution < 1.29 is 13.9 Å². The molecule has 1 heterocycles. The summed E-state index contributed by atoms with van der Waals surface area (Å²) in [5, 5.41) is 3.75. The average molecular weight is 350 g/mol. The Morgan fingerprint density at radius 1 is 1.15 bits per heavy atom. The van der Waals surface area contributed by atoms with Gasteiger partial charge in [0, 0.05) is 17.0 Å². The molecule has 1 aliphatic rings. The third-order valence-electron chi connectivity index (χ3n) is 4.45. The van der Waals surface area contributed by atoms with Crippen LogP contribution in [0.3, 0.4) is 0 Å². The van der Waals surface area contributed by atoms with Gasteiger partial charge in [-0.1, -0.05) is 18.2 Å². The summed E-state index contributed by atoms with van der Waals surface area (Å²) in [4.78, 5) is 17.4. The molecule has 0 aliphatic heterocycles. The molecule has 1 aromatic heterocycles. The van der Waals surface area contributed by atoms with Gasteiger partial charge in [0.15, 0.2) is 0 Å². The van der Waals surface area contributed by atoms with Crippen LogP contribution in [0, 0.1) is 5.82 Å². The van der Waals surface area contributed by atoms with Crippen LogP contribution >= 0.6 is 0 Å². The molecule has 5 heteroatoms. The molecule has 1 amide bonds. The molecular formula is C21H19FN2O2. The van der Waals surface area contributed by atoms with Crippen molar-refractivity contribution in [1.29, 1.82) is 0 Å². The normalized spacial score (nSPS) is 13.6. The second-order valence-corrected chi connectivity index (χ2v) is 6.44. The van der Waals surface area contributed by atoms with Crippen molar-refractivity contribution in [2.45, 2.75) is 18.8 Å². The Morgan fingerprint density at radius 3 is 2.69 bits per heavy atom. The third-order valence-corrected chi connectivity index (χ3v) is 4.45. The van der Waals surface area contributed by atoms with Crippen molar-refractivity contribution in [1.82, 2.24) is 10.3 Å². The molecule has 4 rings (SSSR count). The fourth-order valence-electron chi connectivity index (χ4n) is 2.93. The first-order valence-electron chi connectivity index (χ1n) is 8.77. The maximum Gasteiger partial charge on any atom is 0.252 e. The molecule has 0 atom stereocenters. The van der Waals surface area contributed by atoms with Crippen molar-refractivity contribution in [3.63, 3.8) is 0 Å². The van der Waals surface area contributed by atoms with Crippen molar-refractivity contribution in [2.24, 2.45) is 0 Å². The second kappa shape index (κ2) is 7.12. The highest BCUT2D eigenvalue weighted by atomic mass is 19.1. The number of ether oxygens (including phenoxy) is 1. The van der Waals surface area contributed by atoms with E-state index < -0.39 is 0 Å². The number of para-hydroxylation sites is 1. The number of pyridine rings is 1. The van der Waals surface area contributed by atoms with Gasteiger partial charge in [-0.05, 0) is 49.2 Å². The van der Waals surface area contributed by atoms with Crippen LogP contribution in [-0.4, -0.2) is 24.0 Å². The van der Waals surface area contributed by atoms with Gasteiger partial charge in [0.05, 0.1) is 17.6 Å². The zero-order valence-corrected chi connectivity index (χ0v) is 14.2. The fraction of sp³-hybridized carbons (Fsp3) is 0.238. The Morgan fingerprint density at radius 2 is 1.92 bits per heavy atom. The highest BCUT2D eigenvalue weighted by Gasteiger charge is 2.26. The number of rotatable bonds is 6. The number of hydrogen-bond donors (Lipinski definition) is 1. The smallest absolute Gasteiger partial charge is 0.252 e. The molecule has 0 unspecified atom stereocenters. The van der Waals surface area contributed by atoms with Crippen LogP contribution in [0.4, 0.5) is 4.39 Å². The second-order valence-electron chi connectivity index (χ2n) is 6.44. The van der Waals surface area contributed by atoms with E-state index in [-0.39, 0.29) is 11.7 Å². The molecule has 0 radical (unpaired) electrons. The summed E-state index contributed by atoms with van der Waals surface area (Å²) >= 11 is 0. The number of nitrogens with zero attached hydrogens (tertiary/aromatic N) is 1. The number of carbonyl (C=O) groups excluding carboxylic acids is 1. The summed E-state index contributed by atoms with van der Waals surface area (Å²) < 4.78 is 18.4. The Labute approximate surface area is 151 Å². The van der Waals surface area contributed by atoms with Crippen LogP contribution in [0.25, 0.3) is 10.9 Å². The molecule has 4 nitrogen and oxygen atoms in total. The van der Waals surface area contributed by atoms with E-state index in [0.29, 0.717) is 30.4 Å². The van der Waals surface area contributed by atoms with Crippen molar-refractivity contribution in [2.75, 3.05) is 13.2 Å². The van der Waals surface area contributed by atoms with E-state index in [4.69, 9.17) is 4.74 Å². The average Bonchev–Trinajstić information content (AvgIpc) is 3.51. The van der Waals surface area contributed by atoms with Gasteiger partial charge in [-0.15, -0.1) is 0 Å². The first-order chi connectivity index (χ1) is 12.7. The summed E-state index contributed by atoms with van der Waals surface area (Å²) in [6, 6.07) is 15.4. The van der Waals surface area contributed by atoms with E-state index in [1.807, 2.05) is 30.3 Å². The van der Waals surface area contributed by atoms with Gasteiger partial charge in [0.25, 0.3) is 5.91 Å². The lowest BCUT2D eigenvalue weighted by molar-refractivity contribution is 0.0948. The zero-order valence-electron chi connectivity index (χ0n) is 14.2. The standard InChI is InChI=1S/C21H19FN2O2/c22-15-7-9-16(10-8-15)26-12-11-23-21(25)18-13-20(14-5-6-14)24-19-4-2-1-3-17(18)19/h1-4,7-10,13-14H,5-6,11-12H2,(H,23,25). The number of hydrogen-bond acceptors (Lipinski definition) is 3. The molecule has 3 aromatic rings. The van der Waals surface area contributed by atoms with Gasteiger partial charge in [-0.3, -0.25) is 9.78 Å². The summed E-state index contributed by atoms with van der Waals surface area (Å²) in [5.41, 5.74) is 2.50. The lowest BCUT2D eigenvalue weighted by Crippen LogP contribution is -2.28. The summed E-state index contributed by atoms with van der Waals surface area (Å²) in [5.74, 6) is 0.619. The Kier molecular flexibility index (Phi) is 4.52. The van der Waals surface area contributed by atoms with Gasteiger partial charge < -0.3 is 10.1 Å². The van der Waals surface area contributed by atoms with E-state index in [9.17, 15) is 9.18 Å². The SMILES string of the molecule is O=C(NCCOc1ccc(F)cc1)c1cc(C2CC2)nc2ccccc12. The lowest BCUT2D eigenvalue weighted by atomic mass is 10.1. The largest absolute Gasteiger partial charge is 0.492 e. The minimum Gasteiger partial charge on any atom is -0.492 e. The predicted octanol–water partition coefficient (Wildman–Crippen LogP) is 4.06. The van der Waals surface area contributed by atoms with E-state index in [2.05, 4.69) is 10.3 Å². The third kappa shape index (κ3) is 3.67. The Balaban J connectivity index is 1.43. The Hall–Kier alpha value is -2.95. The first kappa shape index (κ1) is 16.5. The van der Waals surface area contributed by atoms with E-state index in [1.54, 1.807) is 12.1 Å². The van der Waals surface area contributed by atoms with Crippen LogP contribution in [0.1, 0.15) is 34.8 Å². The highest BCUT2D eigenvalue weighted by molar-refractivity contribution is 6.06. The maximum absolute atomic E-state index is 12.9. The summed E-state index contributed by atoms with van der Waals surface area (Å²) in [6.07, 6.45) is 2.27. The van der Waals surface area contributed by atoms with Gasteiger partial charge in [-0.2, -0.15) is 0 Å². The number of nitrogens with one attached hydrogen (secondary N) is 1. The van der Waals surface area contributed by atoms with E-state index >= 15 is 0 Å². The molecule has 0 saturated heterocycles. The lowest BCUT2D eigenvalue weighted by Gasteiger charge is -2.11. The number of fused-ring (bicyclic) bond motifs is 1. The number of halogens is 1. The Bertz CT molecular complexity index is 936. The topological polar surface area (TPSA) is 51.2 Å². The number of aromatic nitrogens is 1. The van der Waals surface area contributed by atoms with Crippen molar-refractivity contribution in [3.8, 4) is 5.75 Å². The van der Waals surface area contributed by atoms with Gasteiger partial charge >= 0.3 is 0 Å². The van der Waals surface area contributed by atoms with Crippen LogP contribution < -0.4 is 10.1 Å². The van der Waals surface area contributed by atoms with E-state index in [0.717, 1.165) is 29.4 Å². The quantitative estimate of drug-likeness (QED) is 0.682. The molecule has 2 aromatic carbocycles. The number of amides is 1.